The van der Waals surface area contributed by atoms with Crippen molar-refractivity contribution in [1.29, 1.82) is 0 Å². The van der Waals surface area contributed by atoms with Crippen molar-refractivity contribution in [3.05, 3.63) is 0 Å². The van der Waals surface area contributed by atoms with Gasteiger partial charge < -0.3 is 9.94 Å². The van der Waals surface area contributed by atoms with Gasteiger partial charge in [0, 0.05) is 6.42 Å². The molecule has 7 nitrogen and oxygen atoms in total. The molecule has 0 amide bonds. The van der Waals surface area contributed by atoms with Crippen LogP contribution in [0.25, 0.3) is 0 Å². The number of carboxylic acids is 1. The molecule has 1 aliphatic carbocycles. The van der Waals surface area contributed by atoms with E-state index in [0.717, 1.165) is 19.3 Å². The fourth-order valence-corrected chi connectivity index (χ4v) is 2.92. The maximum Gasteiger partial charge on any atom is 0.490 e. The average Bonchev–Trinajstić information content (AvgIpc) is 2.45. The molecule has 0 saturated heterocycles. The molecule has 0 unspecified atom stereocenters. The summed E-state index contributed by atoms with van der Waals surface area (Å²) < 4.78 is 55.0. The molecular formula is C11H18F3NO6S. The van der Waals surface area contributed by atoms with E-state index in [4.69, 9.17) is 9.90 Å². The van der Waals surface area contributed by atoms with Gasteiger partial charge >= 0.3 is 18.1 Å². The van der Waals surface area contributed by atoms with Gasteiger partial charge in [-0.1, -0.05) is 26.2 Å². The zero-order valence-corrected chi connectivity index (χ0v) is 12.7. The fraction of sp³-hybridized carbons (Fsp3) is 0.818. The number of alkyl halides is 3. The average molecular weight is 349 g/mol. The van der Waals surface area contributed by atoms with Gasteiger partial charge in [0.15, 0.2) is 0 Å². The number of hydrogen-bond donors (Lipinski definition) is 2. The molecule has 0 aromatic carbocycles. The van der Waals surface area contributed by atoms with Crippen LogP contribution in [0.15, 0.2) is 0 Å². The Labute approximate surface area is 125 Å². The summed E-state index contributed by atoms with van der Waals surface area (Å²) in [5.41, 5.74) is 0. The van der Waals surface area contributed by atoms with E-state index in [1.165, 1.54) is 0 Å². The summed E-state index contributed by atoms with van der Waals surface area (Å²) >= 11 is 0. The predicted octanol–water partition coefficient (Wildman–Crippen LogP) is 1.74. The van der Waals surface area contributed by atoms with Gasteiger partial charge in [-0.2, -0.15) is 13.2 Å². The first-order valence-corrected chi connectivity index (χ1v) is 8.05. The van der Waals surface area contributed by atoms with Gasteiger partial charge in [0.2, 0.25) is 10.0 Å². The second-order valence-corrected chi connectivity index (χ2v) is 6.44. The highest BCUT2D eigenvalue weighted by atomic mass is 32.2. The van der Waals surface area contributed by atoms with E-state index in [2.05, 4.69) is 4.84 Å². The summed E-state index contributed by atoms with van der Waals surface area (Å²) in [6.07, 6.45) is -0.688. The third-order valence-corrected chi connectivity index (χ3v) is 4.46. The maximum atomic E-state index is 11.6. The molecule has 1 fully saturated rings. The van der Waals surface area contributed by atoms with Gasteiger partial charge in [0.1, 0.15) is 0 Å². The Morgan fingerprint density at radius 2 is 1.68 bits per heavy atom. The van der Waals surface area contributed by atoms with Crippen LogP contribution in [0, 0.1) is 0 Å². The minimum atomic E-state index is -5.08. The van der Waals surface area contributed by atoms with Crippen molar-refractivity contribution in [1.82, 2.24) is 4.89 Å². The molecular weight excluding hydrogens is 331 g/mol. The van der Waals surface area contributed by atoms with Gasteiger partial charge in [-0.05, 0) is 17.7 Å². The molecule has 2 N–H and O–H groups in total. The van der Waals surface area contributed by atoms with Crippen molar-refractivity contribution in [2.45, 2.75) is 56.9 Å². The van der Waals surface area contributed by atoms with Crippen LogP contribution in [0.2, 0.25) is 0 Å². The number of halogens is 3. The zero-order valence-electron chi connectivity index (χ0n) is 11.9. The molecule has 0 aliphatic heterocycles. The van der Waals surface area contributed by atoms with Gasteiger partial charge in [-0.15, -0.1) is 0 Å². The van der Waals surface area contributed by atoms with Crippen LogP contribution in [0.5, 0.6) is 0 Å². The first-order chi connectivity index (χ1) is 10.0. The molecule has 0 heterocycles. The molecule has 130 valence electrons. The quantitative estimate of drug-likeness (QED) is 0.748. The number of hydrogen-bond acceptors (Lipinski definition) is 5. The Balaban J connectivity index is 0.000000534. The van der Waals surface area contributed by atoms with Crippen molar-refractivity contribution < 1.29 is 41.1 Å². The predicted molar refractivity (Wildman–Crippen MR) is 69.0 cm³/mol. The van der Waals surface area contributed by atoms with E-state index >= 15 is 0 Å². The molecule has 1 aliphatic rings. The lowest BCUT2D eigenvalue weighted by atomic mass is 10.0. The molecule has 22 heavy (non-hydrogen) atoms. The van der Waals surface area contributed by atoms with Crippen molar-refractivity contribution in [3.8, 4) is 0 Å². The van der Waals surface area contributed by atoms with E-state index in [-0.39, 0.29) is 6.42 Å². The van der Waals surface area contributed by atoms with E-state index in [1.807, 2.05) is 4.89 Å². The van der Waals surface area contributed by atoms with Gasteiger partial charge in [-0.3, -0.25) is 4.79 Å². The summed E-state index contributed by atoms with van der Waals surface area (Å²) in [7, 11) is -3.48. The highest BCUT2D eigenvalue weighted by Crippen LogP contribution is 2.22. The number of carbonyl (C=O) groups excluding carboxylic acids is 1. The van der Waals surface area contributed by atoms with Crippen LogP contribution in [0.4, 0.5) is 13.2 Å². The number of carbonyl (C=O) groups is 2. The third kappa shape index (κ3) is 8.17. The second kappa shape index (κ2) is 8.93. The van der Waals surface area contributed by atoms with Gasteiger partial charge in [-0.25, -0.2) is 13.2 Å². The minimum absolute atomic E-state index is 0.160. The SMILES string of the molecule is CCC(=O)ONS(=O)(=O)C1CCCCC1.O=C(O)C(F)(F)F. The summed E-state index contributed by atoms with van der Waals surface area (Å²) in [5.74, 6) is -3.32. The largest absolute Gasteiger partial charge is 0.490 e. The van der Waals surface area contributed by atoms with E-state index in [1.54, 1.807) is 6.92 Å². The Morgan fingerprint density at radius 3 is 2.05 bits per heavy atom. The summed E-state index contributed by atoms with van der Waals surface area (Å²) in [6, 6.07) is 0. The third-order valence-electron chi connectivity index (χ3n) is 2.79. The Kier molecular flexibility index (Phi) is 8.38. The first-order valence-electron chi connectivity index (χ1n) is 6.51. The number of sulfonamides is 1. The summed E-state index contributed by atoms with van der Waals surface area (Å²) in [5, 5.41) is 6.72. The number of rotatable bonds is 4. The van der Waals surface area contributed by atoms with Gasteiger partial charge in [0.25, 0.3) is 0 Å². The lowest BCUT2D eigenvalue weighted by Crippen LogP contribution is -2.36. The lowest BCUT2D eigenvalue weighted by molar-refractivity contribution is -0.192. The van der Waals surface area contributed by atoms with E-state index < -0.39 is 33.4 Å². The van der Waals surface area contributed by atoms with Crippen molar-refractivity contribution in [2.24, 2.45) is 0 Å². The van der Waals surface area contributed by atoms with E-state index in [0.29, 0.717) is 12.8 Å². The van der Waals surface area contributed by atoms with Crippen LogP contribution in [0.1, 0.15) is 45.4 Å². The number of aliphatic carboxylic acids is 1. The Hall–Kier alpha value is -1.36. The van der Waals surface area contributed by atoms with Crippen LogP contribution in [-0.4, -0.2) is 36.9 Å². The molecule has 0 aromatic rings. The maximum absolute atomic E-state index is 11.6. The molecule has 1 rings (SSSR count). The summed E-state index contributed by atoms with van der Waals surface area (Å²) in [6.45, 7) is 1.61. The minimum Gasteiger partial charge on any atom is -0.475 e. The highest BCUT2D eigenvalue weighted by molar-refractivity contribution is 7.90. The lowest BCUT2D eigenvalue weighted by Gasteiger charge is -2.21. The zero-order chi connectivity index (χ0) is 17.4. The molecule has 0 spiro atoms. The van der Waals surface area contributed by atoms with Crippen LogP contribution < -0.4 is 4.89 Å². The molecule has 0 aromatic heterocycles. The monoisotopic (exact) mass is 349 g/mol. The number of nitrogens with one attached hydrogen (secondary N) is 1. The van der Waals surface area contributed by atoms with Crippen LogP contribution in [0.3, 0.4) is 0 Å². The standard InChI is InChI=1S/C9H17NO4S.C2HF3O2/c1-2-9(11)14-10-15(12,13)8-6-4-3-5-7-8;3-2(4,5)1(6)7/h8,10H,2-7H2,1H3;(H,6,7). The molecule has 0 radical (unpaired) electrons. The van der Waals surface area contributed by atoms with Crippen molar-refractivity contribution >= 4 is 22.0 Å². The second-order valence-electron chi connectivity index (χ2n) is 4.52. The van der Waals surface area contributed by atoms with Crippen molar-refractivity contribution in [2.75, 3.05) is 0 Å². The Morgan fingerprint density at radius 1 is 1.23 bits per heavy atom. The molecule has 1 saturated carbocycles. The number of carboxylic acid groups (broad SMARTS) is 1. The first kappa shape index (κ1) is 20.6. The Bertz CT molecular complexity index is 471. The normalized spacial score (nSPS) is 16.4. The van der Waals surface area contributed by atoms with Crippen molar-refractivity contribution in [3.63, 3.8) is 0 Å². The summed E-state index contributed by atoms with van der Waals surface area (Å²) in [4.78, 5) is 26.0. The molecule has 11 heteroatoms. The molecule has 0 atom stereocenters. The smallest absolute Gasteiger partial charge is 0.475 e. The molecule has 0 bridgehead atoms. The van der Waals surface area contributed by atoms with Crippen LogP contribution in [-0.2, 0) is 24.4 Å². The van der Waals surface area contributed by atoms with Gasteiger partial charge in [0.05, 0.1) is 5.25 Å². The van der Waals surface area contributed by atoms with Crippen LogP contribution >= 0.6 is 0 Å². The highest BCUT2D eigenvalue weighted by Gasteiger charge is 2.38. The van der Waals surface area contributed by atoms with E-state index in [9.17, 15) is 26.4 Å². The fourth-order valence-electron chi connectivity index (χ4n) is 1.62. The topological polar surface area (TPSA) is 110 Å².